The van der Waals surface area contributed by atoms with Gasteiger partial charge in [0.2, 0.25) is 12.1 Å². The minimum atomic E-state index is -1.31. The molecule has 12 nitrogen and oxygen atoms in total. The highest BCUT2D eigenvalue weighted by Gasteiger charge is 2.65. The van der Waals surface area contributed by atoms with Crippen LogP contribution >= 0.6 is 0 Å². The minimum absolute atomic E-state index is 0.114. The molecule has 12 heteroatoms. The molecule has 5 aliphatic rings. The fourth-order valence-electron chi connectivity index (χ4n) is 9.06. The van der Waals surface area contributed by atoms with Crippen LogP contribution in [0.15, 0.2) is 47.7 Å². The number of aliphatic hydroxyl groups is 2. The van der Waals surface area contributed by atoms with Crippen LogP contribution in [0.5, 0.6) is 11.5 Å². The molecule has 1 aromatic rings. The number of hydrogen-bond donors (Lipinski definition) is 2. The molecule has 7 unspecified atom stereocenters. The SMILES string of the molecule is C=CCOC12Oc3ccc(OCCN4CC4)cc3C3C(CCCCO)C(CCCCO)C=C(C(=NOC4CCCCO4)CC1N(CCC)C(=O)OCC)C32. The van der Waals surface area contributed by atoms with Gasteiger partial charge in [-0.2, -0.15) is 0 Å². The lowest BCUT2D eigenvalue weighted by Gasteiger charge is -2.60. The van der Waals surface area contributed by atoms with Gasteiger partial charge in [0, 0.05) is 63.7 Å². The summed E-state index contributed by atoms with van der Waals surface area (Å²) in [5.74, 6) is -0.0304. The lowest BCUT2D eigenvalue weighted by Crippen LogP contribution is -2.70. The fraction of sp³-hybridized carbons (Fsp3) is 0.714. The standard InChI is InChI=1S/C42H63N3O9/c1-4-18-45(41(48)49-6-3)37-29-35(43-54-38-15-9-12-25-51-38)33-27-30(13-7-10-22-46)32(14-8-11-23-47)39-34-28-31(50-26-21-44-19-20-44)16-17-36(34)53-42(37,40(33)39)52-24-5-2/h5,16-17,27-28,30,32,37-40,46-47H,2,4,6-15,18-26,29H2,1,3H3. The maximum Gasteiger partial charge on any atom is 0.410 e. The second kappa shape index (κ2) is 19.6. The molecule has 3 aliphatic heterocycles. The molecular weight excluding hydrogens is 690 g/mol. The molecule has 3 heterocycles. The number of nitrogens with zero attached hydrogens (tertiary/aromatic N) is 3. The Balaban J connectivity index is 1.54. The number of fused-ring (bicyclic) bond motifs is 2. The minimum Gasteiger partial charge on any atom is -0.492 e. The van der Waals surface area contributed by atoms with Crippen LogP contribution in [0.2, 0.25) is 0 Å². The monoisotopic (exact) mass is 753 g/mol. The van der Waals surface area contributed by atoms with Crippen molar-refractivity contribution in [3.63, 3.8) is 0 Å². The third-order valence-electron chi connectivity index (χ3n) is 11.6. The number of unbranched alkanes of at least 4 members (excludes halogenated alkanes) is 2. The molecule has 0 spiro atoms. The molecular formula is C42H63N3O9. The van der Waals surface area contributed by atoms with E-state index in [1.54, 1.807) is 11.0 Å². The molecule has 54 heavy (non-hydrogen) atoms. The molecule has 0 bridgehead atoms. The maximum absolute atomic E-state index is 14.0. The Morgan fingerprint density at radius 2 is 1.94 bits per heavy atom. The van der Waals surface area contributed by atoms with Gasteiger partial charge in [0.05, 0.1) is 31.5 Å². The van der Waals surface area contributed by atoms with E-state index in [1.165, 1.54) is 0 Å². The number of allylic oxidation sites excluding steroid dienone is 1. The van der Waals surface area contributed by atoms with Gasteiger partial charge in [-0.3, -0.25) is 9.80 Å². The van der Waals surface area contributed by atoms with Crippen molar-refractivity contribution >= 4 is 11.8 Å². The number of amides is 1. The van der Waals surface area contributed by atoms with E-state index in [-0.39, 0.29) is 50.1 Å². The van der Waals surface area contributed by atoms with Gasteiger partial charge in [-0.1, -0.05) is 37.1 Å². The Morgan fingerprint density at radius 1 is 1.13 bits per heavy atom. The topological polar surface area (TPSA) is 132 Å². The summed E-state index contributed by atoms with van der Waals surface area (Å²) in [5.41, 5.74) is 2.80. The van der Waals surface area contributed by atoms with E-state index in [2.05, 4.69) is 23.6 Å². The Hall–Kier alpha value is -3.16. The van der Waals surface area contributed by atoms with Gasteiger partial charge in [-0.25, -0.2) is 4.79 Å². The zero-order valence-electron chi connectivity index (χ0n) is 32.5. The lowest BCUT2D eigenvalue weighted by atomic mass is 9.55. The van der Waals surface area contributed by atoms with Crippen LogP contribution in [0.3, 0.4) is 0 Å². The number of benzene rings is 1. The average Bonchev–Trinajstić information content (AvgIpc) is 4.02. The van der Waals surface area contributed by atoms with Crippen molar-refractivity contribution in [2.24, 2.45) is 22.9 Å². The van der Waals surface area contributed by atoms with Crippen LogP contribution < -0.4 is 9.47 Å². The van der Waals surface area contributed by atoms with E-state index in [1.807, 2.05) is 26.0 Å². The van der Waals surface area contributed by atoms with Crippen LogP contribution in [-0.2, 0) is 19.0 Å². The maximum atomic E-state index is 14.0. The quantitative estimate of drug-likeness (QED) is 0.0629. The molecule has 1 saturated carbocycles. The van der Waals surface area contributed by atoms with Gasteiger partial charge in [0.25, 0.3) is 0 Å². The summed E-state index contributed by atoms with van der Waals surface area (Å²) in [6.45, 7) is 13.4. The lowest BCUT2D eigenvalue weighted by molar-refractivity contribution is -0.255. The van der Waals surface area contributed by atoms with Crippen molar-refractivity contribution < 1.29 is 43.5 Å². The molecule has 1 aromatic carbocycles. The van der Waals surface area contributed by atoms with Crippen molar-refractivity contribution in [2.45, 2.75) is 109 Å². The van der Waals surface area contributed by atoms with E-state index in [9.17, 15) is 15.0 Å². The van der Waals surface area contributed by atoms with E-state index < -0.39 is 24.2 Å². The number of carbonyl (C=O) groups excluding carboxylic acids is 1. The first kappa shape index (κ1) is 40.5. The van der Waals surface area contributed by atoms with Crippen LogP contribution in [0.25, 0.3) is 0 Å². The Labute approximate surface area is 321 Å². The van der Waals surface area contributed by atoms with Gasteiger partial charge in [-0.05, 0) is 87.5 Å². The molecule has 6 rings (SSSR count). The average molecular weight is 754 g/mol. The normalized spacial score (nSPS) is 29.3. The Kier molecular flexibility index (Phi) is 14.7. The van der Waals surface area contributed by atoms with Crippen molar-refractivity contribution in [3.8, 4) is 11.5 Å². The first-order valence-corrected chi connectivity index (χ1v) is 20.6. The summed E-state index contributed by atoms with van der Waals surface area (Å²) in [7, 11) is 0. The fourth-order valence-corrected chi connectivity index (χ4v) is 9.06. The molecule has 1 amide bonds. The van der Waals surface area contributed by atoms with Gasteiger partial charge in [0.1, 0.15) is 24.1 Å². The molecule has 7 atom stereocenters. The van der Waals surface area contributed by atoms with Crippen LogP contribution in [0, 0.1) is 17.8 Å². The van der Waals surface area contributed by atoms with E-state index in [0.29, 0.717) is 44.8 Å². The molecule has 2 aliphatic carbocycles. The molecule has 2 saturated heterocycles. The van der Waals surface area contributed by atoms with Gasteiger partial charge < -0.3 is 38.7 Å². The van der Waals surface area contributed by atoms with Crippen molar-refractivity contribution in [2.75, 3.05) is 65.8 Å². The van der Waals surface area contributed by atoms with Gasteiger partial charge in [0.15, 0.2) is 0 Å². The zero-order chi connectivity index (χ0) is 37.9. The summed E-state index contributed by atoms with van der Waals surface area (Å²) in [6, 6.07) is 5.50. The molecule has 0 aromatic heterocycles. The third-order valence-corrected chi connectivity index (χ3v) is 11.6. The van der Waals surface area contributed by atoms with Gasteiger partial charge in [-0.15, -0.1) is 6.58 Å². The highest BCUT2D eigenvalue weighted by Crippen LogP contribution is 2.62. The highest BCUT2D eigenvalue weighted by molar-refractivity contribution is 6.03. The second-order valence-corrected chi connectivity index (χ2v) is 15.3. The summed E-state index contributed by atoms with van der Waals surface area (Å²) in [4.78, 5) is 24.3. The summed E-state index contributed by atoms with van der Waals surface area (Å²) in [5, 5.41) is 24.6. The van der Waals surface area contributed by atoms with E-state index >= 15 is 0 Å². The van der Waals surface area contributed by atoms with E-state index in [4.69, 9.17) is 33.7 Å². The first-order chi connectivity index (χ1) is 26.5. The molecule has 3 fully saturated rings. The van der Waals surface area contributed by atoms with Crippen molar-refractivity contribution in [1.82, 2.24) is 9.80 Å². The predicted octanol–water partition coefficient (Wildman–Crippen LogP) is 6.41. The summed E-state index contributed by atoms with van der Waals surface area (Å²) in [6.07, 6.45) is 11.9. The van der Waals surface area contributed by atoms with Crippen LogP contribution in [0.1, 0.15) is 96.0 Å². The number of carbonyl (C=O) groups is 1. The zero-order valence-corrected chi connectivity index (χ0v) is 32.5. The van der Waals surface area contributed by atoms with Gasteiger partial charge >= 0.3 is 6.09 Å². The first-order valence-electron chi connectivity index (χ1n) is 20.6. The highest BCUT2D eigenvalue weighted by atomic mass is 16.8. The molecule has 300 valence electrons. The third kappa shape index (κ3) is 9.26. The Morgan fingerprint density at radius 3 is 2.65 bits per heavy atom. The number of hydrogen-bond acceptors (Lipinski definition) is 11. The number of oxime groups is 1. The molecule has 0 radical (unpaired) electrons. The number of ether oxygens (including phenoxy) is 5. The van der Waals surface area contributed by atoms with Crippen molar-refractivity contribution in [1.29, 1.82) is 0 Å². The van der Waals surface area contributed by atoms with Crippen molar-refractivity contribution in [3.05, 3.63) is 48.1 Å². The molecule has 2 N–H and O–H groups in total. The van der Waals surface area contributed by atoms with Crippen LogP contribution in [0.4, 0.5) is 4.79 Å². The second-order valence-electron chi connectivity index (χ2n) is 15.3. The summed E-state index contributed by atoms with van der Waals surface area (Å²) < 4.78 is 32.3. The van der Waals surface area contributed by atoms with Crippen LogP contribution in [-0.4, -0.2) is 116 Å². The summed E-state index contributed by atoms with van der Waals surface area (Å²) >= 11 is 0. The number of rotatable bonds is 21. The van der Waals surface area contributed by atoms with E-state index in [0.717, 1.165) is 93.6 Å². The Bertz CT molecular complexity index is 1440. The number of aliphatic hydroxyl groups excluding tert-OH is 2. The predicted molar refractivity (Wildman–Crippen MR) is 206 cm³/mol. The smallest absolute Gasteiger partial charge is 0.410 e. The largest absolute Gasteiger partial charge is 0.492 e.